The van der Waals surface area contributed by atoms with E-state index in [1.54, 1.807) is 31.8 Å². The first-order valence-electron chi connectivity index (χ1n) is 8.26. The Bertz CT molecular complexity index is 693. The first-order chi connectivity index (χ1) is 12.2. The fourth-order valence-corrected chi connectivity index (χ4v) is 2.87. The smallest absolute Gasteiger partial charge is 0.315 e. The van der Waals surface area contributed by atoms with Gasteiger partial charge in [-0.2, -0.15) is 0 Å². The standard InChI is InChI=1S/C18H22N4O3/c1-12(13-4-3-8-19-10-13)21-18(23)22-15-7-9-25-17(15)14-5-6-16(24-2)20-11-14/h3-6,8,10-12,15,17H,7,9H2,1-2H3,(H2,21,22,23)/t12-,15+,17-/m0/s1. The molecule has 0 radical (unpaired) electrons. The van der Waals surface area contributed by atoms with Crippen molar-refractivity contribution in [1.82, 2.24) is 20.6 Å². The Morgan fingerprint density at radius 1 is 1.36 bits per heavy atom. The van der Waals surface area contributed by atoms with E-state index >= 15 is 0 Å². The predicted octanol–water partition coefficient (Wildman–Crippen LogP) is 2.38. The normalized spacial score (nSPS) is 20.7. The lowest BCUT2D eigenvalue weighted by Gasteiger charge is -2.22. The summed E-state index contributed by atoms with van der Waals surface area (Å²) in [5, 5.41) is 5.93. The summed E-state index contributed by atoms with van der Waals surface area (Å²) in [4.78, 5) is 20.6. The molecule has 132 valence electrons. The minimum Gasteiger partial charge on any atom is -0.481 e. The predicted molar refractivity (Wildman–Crippen MR) is 92.2 cm³/mol. The summed E-state index contributed by atoms with van der Waals surface area (Å²) < 4.78 is 10.9. The average Bonchev–Trinajstić information content (AvgIpc) is 3.10. The molecule has 0 bridgehead atoms. The largest absolute Gasteiger partial charge is 0.481 e. The van der Waals surface area contributed by atoms with E-state index < -0.39 is 0 Å². The Morgan fingerprint density at radius 3 is 2.92 bits per heavy atom. The van der Waals surface area contributed by atoms with E-state index in [-0.39, 0.29) is 24.2 Å². The van der Waals surface area contributed by atoms with E-state index in [1.807, 2.05) is 25.1 Å². The van der Waals surface area contributed by atoms with Gasteiger partial charge in [-0.15, -0.1) is 0 Å². The molecule has 0 aromatic carbocycles. The minimum absolute atomic E-state index is 0.101. The van der Waals surface area contributed by atoms with Gasteiger partial charge in [-0.25, -0.2) is 9.78 Å². The molecule has 2 aromatic heterocycles. The van der Waals surface area contributed by atoms with Crippen molar-refractivity contribution >= 4 is 6.03 Å². The fourth-order valence-electron chi connectivity index (χ4n) is 2.87. The highest BCUT2D eigenvalue weighted by Gasteiger charge is 2.31. The number of carbonyl (C=O) groups excluding carboxylic acids is 1. The Labute approximate surface area is 146 Å². The molecule has 7 heteroatoms. The van der Waals surface area contributed by atoms with Gasteiger partial charge < -0.3 is 20.1 Å². The van der Waals surface area contributed by atoms with Gasteiger partial charge in [0.25, 0.3) is 0 Å². The van der Waals surface area contributed by atoms with Crippen LogP contribution in [0, 0.1) is 0 Å². The van der Waals surface area contributed by atoms with Crippen LogP contribution in [-0.2, 0) is 4.74 Å². The van der Waals surface area contributed by atoms with Gasteiger partial charge in [-0.3, -0.25) is 4.98 Å². The third-order valence-electron chi connectivity index (χ3n) is 4.24. The van der Waals surface area contributed by atoms with Crippen LogP contribution < -0.4 is 15.4 Å². The molecule has 1 aliphatic rings. The molecule has 2 aromatic rings. The van der Waals surface area contributed by atoms with Crippen LogP contribution in [0.15, 0.2) is 42.9 Å². The second-order valence-electron chi connectivity index (χ2n) is 5.95. The number of hydrogen-bond donors (Lipinski definition) is 2. The van der Waals surface area contributed by atoms with Crippen LogP contribution in [0.3, 0.4) is 0 Å². The molecule has 7 nitrogen and oxygen atoms in total. The molecular weight excluding hydrogens is 320 g/mol. The quantitative estimate of drug-likeness (QED) is 0.871. The van der Waals surface area contributed by atoms with Crippen LogP contribution in [0.25, 0.3) is 0 Å². The lowest BCUT2D eigenvalue weighted by Crippen LogP contribution is -2.44. The summed E-state index contributed by atoms with van der Waals surface area (Å²) in [5.41, 5.74) is 1.88. The molecule has 2 amide bonds. The highest BCUT2D eigenvalue weighted by molar-refractivity contribution is 5.74. The average molecular weight is 342 g/mol. The molecule has 0 saturated carbocycles. The summed E-state index contributed by atoms with van der Waals surface area (Å²) in [5.74, 6) is 0.550. The number of pyridine rings is 2. The van der Waals surface area contributed by atoms with Gasteiger partial charge in [0, 0.05) is 36.8 Å². The molecule has 3 rings (SSSR count). The maximum Gasteiger partial charge on any atom is 0.315 e. The number of nitrogens with one attached hydrogen (secondary N) is 2. The van der Waals surface area contributed by atoms with E-state index in [0.29, 0.717) is 12.5 Å². The molecule has 0 aliphatic carbocycles. The minimum atomic E-state index is -0.224. The number of carbonyl (C=O) groups is 1. The highest BCUT2D eigenvalue weighted by atomic mass is 16.5. The van der Waals surface area contributed by atoms with Crippen LogP contribution in [-0.4, -0.2) is 35.8 Å². The lowest BCUT2D eigenvalue weighted by molar-refractivity contribution is 0.0995. The Kier molecular flexibility index (Phi) is 5.45. The van der Waals surface area contributed by atoms with E-state index in [1.165, 1.54) is 0 Å². The lowest BCUT2D eigenvalue weighted by atomic mass is 10.0. The fraction of sp³-hybridized carbons (Fsp3) is 0.389. The Balaban J connectivity index is 1.59. The van der Waals surface area contributed by atoms with Crippen LogP contribution >= 0.6 is 0 Å². The zero-order chi connectivity index (χ0) is 17.6. The maximum absolute atomic E-state index is 12.3. The summed E-state index contributed by atoms with van der Waals surface area (Å²) in [7, 11) is 1.58. The van der Waals surface area contributed by atoms with Crippen molar-refractivity contribution in [1.29, 1.82) is 0 Å². The monoisotopic (exact) mass is 342 g/mol. The van der Waals surface area contributed by atoms with Gasteiger partial charge in [-0.05, 0) is 31.0 Å². The van der Waals surface area contributed by atoms with Gasteiger partial charge in [0.2, 0.25) is 5.88 Å². The van der Waals surface area contributed by atoms with Crippen molar-refractivity contribution in [2.75, 3.05) is 13.7 Å². The van der Waals surface area contributed by atoms with Gasteiger partial charge in [0.05, 0.1) is 19.2 Å². The number of amides is 2. The number of hydrogen-bond acceptors (Lipinski definition) is 5. The van der Waals surface area contributed by atoms with Crippen LogP contribution in [0.4, 0.5) is 4.79 Å². The molecule has 1 fully saturated rings. The van der Waals surface area contributed by atoms with Crippen molar-refractivity contribution in [2.45, 2.75) is 31.5 Å². The molecule has 25 heavy (non-hydrogen) atoms. The summed E-state index contributed by atoms with van der Waals surface area (Å²) >= 11 is 0. The molecule has 0 spiro atoms. The Hall–Kier alpha value is -2.67. The SMILES string of the molecule is COc1ccc([C@@H]2OCC[C@H]2NC(=O)N[C@@H](C)c2cccnc2)cn1. The third kappa shape index (κ3) is 4.24. The summed E-state index contributed by atoms with van der Waals surface area (Å²) in [6.45, 7) is 2.52. The van der Waals surface area contributed by atoms with Crippen LogP contribution in [0.1, 0.15) is 36.6 Å². The number of urea groups is 1. The second kappa shape index (κ2) is 7.94. The van der Waals surface area contributed by atoms with Crippen molar-refractivity contribution in [3.63, 3.8) is 0 Å². The van der Waals surface area contributed by atoms with Gasteiger partial charge in [0.15, 0.2) is 0 Å². The zero-order valence-electron chi connectivity index (χ0n) is 14.3. The molecule has 3 atom stereocenters. The molecule has 0 unspecified atom stereocenters. The van der Waals surface area contributed by atoms with Crippen LogP contribution in [0.5, 0.6) is 5.88 Å². The van der Waals surface area contributed by atoms with E-state index in [4.69, 9.17) is 9.47 Å². The number of rotatable bonds is 5. The van der Waals surface area contributed by atoms with Crippen LogP contribution in [0.2, 0.25) is 0 Å². The zero-order valence-corrected chi connectivity index (χ0v) is 14.3. The van der Waals surface area contributed by atoms with E-state index in [0.717, 1.165) is 17.5 Å². The van der Waals surface area contributed by atoms with Crippen molar-refractivity contribution < 1.29 is 14.3 Å². The van der Waals surface area contributed by atoms with Gasteiger partial charge in [0.1, 0.15) is 6.10 Å². The first kappa shape index (κ1) is 17.2. The van der Waals surface area contributed by atoms with Gasteiger partial charge in [-0.1, -0.05) is 6.07 Å². The summed E-state index contributed by atoms with van der Waals surface area (Å²) in [6.07, 6.45) is 5.72. The molecule has 1 aliphatic heterocycles. The first-order valence-corrected chi connectivity index (χ1v) is 8.26. The molecule has 3 heterocycles. The molecule has 1 saturated heterocycles. The molecule has 2 N–H and O–H groups in total. The van der Waals surface area contributed by atoms with E-state index in [9.17, 15) is 4.79 Å². The number of nitrogens with zero attached hydrogens (tertiary/aromatic N) is 2. The third-order valence-corrected chi connectivity index (χ3v) is 4.24. The number of ether oxygens (including phenoxy) is 2. The van der Waals surface area contributed by atoms with Crippen molar-refractivity contribution in [3.8, 4) is 5.88 Å². The maximum atomic E-state index is 12.3. The Morgan fingerprint density at radius 2 is 2.24 bits per heavy atom. The second-order valence-corrected chi connectivity index (χ2v) is 5.95. The topological polar surface area (TPSA) is 85.4 Å². The van der Waals surface area contributed by atoms with E-state index in [2.05, 4.69) is 20.6 Å². The number of aromatic nitrogens is 2. The summed E-state index contributed by atoms with van der Waals surface area (Å²) in [6, 6.07) is 7.03. The van der Waals surface area contributed by atoms with Crippen molar-refractivity contribution in [2.24, 2.45) is 0 Å². The van der Waals surface area contributed by atoms with Gasteiger partial charge >= 0.3 is 6.03 Å². The number of methoxy groups -OCH3 is 1. The van der Waals surface area contributed by atoms with Crippen molar-refractivity contribution in [3.05, 3.63) is 54.0 Å². The highest BCUT2D eigenvalue weighted by Crippen LogP contribution is 2.29. The molecular formula is C18H22N4O3.